The molecule has 16 heavy (non-hydrogen) atoms. The second kappa shape index (κ2) is 3.06. The van der Waals surface area contributed by atoms with Crippen LogP contribution in [0.15, 0.2) is 36.5 Å². The zero-order chi connectivity index (χ0) is 11.1. The third kappa shape index (κ3) is 1.16. The molecule has 0 aliphatic carbocycles. The number of rotatable bonds is 1. The van der Waals surface area contributed by atoms with Gasteiger partial charge in [-0.15, -0.1) is 0 Å². The minimum Gasteiger partial charge on any atom is -0.478 e. The predicted octanol–water partition coefficient (Wildman–Crippen LogP) is 2.37. The Kier molecular flexibility index (Phi) is 1.71. The summed E-state index contributed by atoms with van der Waals surface area (Å²) < 4.78 is 0. The Morgan fingerprint density at radius 2 is 2.12 bits per heavy atom. The van der Waals surface area contributed by atoms with Gasteiger partial charge in [0.25, 0.3) is 0 Å². The van der Waals surface area contributed by atoms with Crippen LogP contribution in [-0.4, -0.2) is 21.0 Å². The lowest BCUT2D eigenvalue weighted by molar-refractivity contribution is 0.0696. The van der Waals surface area contributed by atoms with Gasteiger partial charge in [-0.2, -0.15) is 0 Å². The molecule has 0 radical (unpaired) electrons. The summed E-state index contributed by atoms with van der Waals surface area (Å²) in [5.41, 5.74) is 2.65. The molecule has 0 unspecified atom stereocenters. The molecule has 2 heterocycles. The van der Waals surface area contributed by atoms with Gasteiger partial charge in [0.05, 0.1) is 22.5 Å². The van der Waals surface area contributed by atoms with Crippen LogP contribution in [0, 0.1) is 0 Å². The largest absolute Gasteiger partial charge is 0.478 e. The van der Waals surface area contributed by atoms with E-state index < -0.39 is 5.97 Å². The Labute approximate surface area is 90.9 Å². The van der Waals surface area contributed by atoms with Crippen LogP contribution in [0.2, 0.25) is 0 Å². The second-order valence-corrected chi connectivity index (χ2v) is 3.58. The summed E-state index contributed by atoms with van der Waals surface area (Å²) in [6.45, 7) is 0. The van der Waals surface area contributed by atoms with Crippen molar-refractivity contribution in [3.63, 3.8) is 0 Å². The Morgan fingerprint density at radius 3 is 2.94 bits per heavy atom. The van der Waals surface area contributed by atoms with Crippen molar-refractivity contribution < 1.29 is 9.90 Å². The molecule has 4 heteroatoms. The van der Waals surface area contributed by atoms with Crippen molar-refractivity contribution in [1.29, 1.82) is 0 Å². The Morgan fingerprint density at radius 1 is 1.31 bits per heavy atom. The van der Waals surface area contributed by atoms with Gasteiger partial charge in [0, 0.05) is 11.6 Å². The van der Waals surface area contributed by atoms with Gasteiger partial charge in [-0.05, 0) is 12.1 Å². The minimum atomic E-state index is -0.954. The summed E-state index contributed by atoms with van der Waals surface area (Å²) in [7, 11) is 0. The Bertz CT molecular complexity index is 657. The average Bonchev–Trinajstić information content (AvgIpc) is 2.66. The van der Waals surface area contributed by atoms with Crippen LogP contribution >= 0.6 is 0 Å². The maximum atomic E-state index is 10.8. The lowest BCUT2D eigenvalue weighted by Crippen LogP contribution is -1.98. The number of fused-ring (bicyclic) bond motifs is 3. The van der Waals surface area contributed by atoms with Crippen molar-refractivity contribution >= 4 is 16.9 Å². The van der Waals surface area contributed by atoms with Gasteiger partial charge >= 0.3 is 5.97 Å². The first kappa shape index (κ1) is 8.91. The molecule has 0 amide bonds. The van der Waals surface area contributed by atoms with Gasteiger partial charge < -0.3 is 10.1 Å². The molecule has 2 aliphatic rings. The molecule has 1 aromatic carbocycles. The zero-order valence-corrected chi connectivity index (χ0v) is 8.27. The maximum absolute atomic E-state index is 10.8. The van der Waals surface area contributed by atoms with E-state index in [1.807, 2.05) is 24.3 Å². The minimum absolute atomic E-state index is 0.218. The number of para-hydroxylation sites is 1. The molecule has 0 spiro atoms. The van der Waals surface area contributed by atoms with E-state index in [2.05, 4.69) is 9.97 Å². The van der Waals surface area contributed by atoms with Crippen molar-refractivity contribution in [3.8, 4) is 11.4 Å². The van der Waals surface area contributed by atoms with Crippen molar-refractivity contribution in [1.82, 2.24) is 9.97 Å². The SMILES string of the molecule is O=C(O)c1c[nH]c2c3ccccc3nc-2c1. The van der Waals surface area contributed by atoms with Gasteiger partial charge in [0.1, 0.15) is 0 Å². The molecule has 0 saturated carbocycles. The first-order valence-corrected chi connectivity index (χ1v) is 4.86. The summed E-state index contributed by atoms with van der Waals surface area (Å²) in [5.74, 6) is -0.954. The van der Waals surface area contributed by atoms with Crippen LogP contribution in [0.4, 0.5) is 0 Å². The highest BCUT2D eigenvalue weighted by molar-refractivity contribution is 5.97. The van der Waals surface area contributed by atoms with Crippen LogP contribution in [0.5, 0.6) is 0 Å². The van der Waals surface area contributed by atoms with E-state index in [-0.39, 0.29) is 5.56 Å². The van der Waals surface area contributed by atoms with E-state index in [0.717, 1.165) is 16.6 Å². The van der Waals surface area contributed by atoms with E-state index in [4.69, 9.17) is 5.11 Å². The first-order chi connectivity index (χ1) is 7.75. The van der Waals surface area contributed by atoms with Gasteiger partial charge in [0.2, 0.25) is 0 Å². The number of benzene rings is 1. The smallest absolute Gasteiger partial charge is 0.337 e. The fourth-order valence-electron chi connectivity index (χ4n) is 1.82. The predicted molar refractivity (Wildman–Crippen MR) is 59.7 cm³/mol. The number of hydrogen-bond donors (Lipinski definition) is 2. The maximum Gasteiger partial charge on any atom is 0.337 e. The summed E-state index contributed by atoms with van der Waals surface area (Å²) in [5, 5.41) is 9.88. The number of nitrogens with zero attached hydrogens (tertiary/aromatic N) is 1. The molecule has 1 aromatic rings. The fraction of sp³-hybridized carbons (Fsp3) is 0. The lowest BCUT2D eigenvalue weighted by atomic mass is 10.1. The van der Waals surface area contributed by atoms with Crippen LogP contribution in [-0.2, 0) is 0 Å². The molecule has 0 bridgehead atoms. The van der Waals surface area contributed by atoms with Crippen molar-refractivity contribution in [2.24, 2.45) is 0 Å². The molecule has 4 nitrogen and oxygen atoms in total. The molecule has 0 fully saturated rings. The summed E-state index contributed by atoms with van der Waals surface area (Å²) in [4.78, 5) is 18.2. The molecule has 3 rings (SSSR count). The molecule has 78 valence electrons. The van der Waals surface area contributed by atoms with Crippen molar-refractivity contribution in [2.75, 3.05) is 0 Å². The number of nitrogens with one attached hydrogen (secondary N) is 1. The lowest BCUT2D eigenvalue weighted by Gasteiger charge is -2.00. The van der Waals surface area contributed by atoms with Gasteiger partial charge in [-0.1, -0.05) is 18.2 Å². The number of hydrogen-bond acceptors (Lipinski definition) is 2. The molecule has 2 aliphatic heterocycles. The third-order valence-electron chi connectivity index (χ3n) is 2.58. The Hall–Kier alpha value is -2.36. The summed E-state index contributed by atoms with van der Waals surface area (Å²) in [6, 6.07) is 9.29. The third-order valence-corrected chi connectivity index (χ3v) is 2.58. The van der Waals surface area contributed by atoms with Crippen LogP contribution < -0.4 is 0 Å². The van der Waals surface area contributed by atoms with Gasteiger partial charge in [0.15, 0.2) is 0 Å². The number of carbonyl (C=O) groups is 1. The highest BCUT2D eigenvalue weighted by Crippen LogP contribution is 2.29. The fourth-order valence-corrected chi connectivity index (χ4v) is 1.82. The van der Waals surface area contributed by atoms with Crippen LogP contribution in [0.1, 0.15) is 10.4 Å². The monoisotopic (exact) mass is 212 g/mol. The number of carboxylic acids is 1. The molecular weight excluding hydrogens is 204 g/mol. The number of aromatic amines is 1. The number of aromatic carboxylic acids is 1. The van der Waals surface area contributed by atoms with Gasteiger partial charge in [-0.25, -0.2) is 9.78 Å². The zero-order valence-electron chi connectivity index (χ0n) is 8.27. The van der Waals surface area contributed by atoms with E-state index in [1.54, 1.807) is 6.07 Å². The van der Waals surface area contributed by atoms with Crippen molar-refractivity contribution in [2.45, 2.75) is 0 Å². The first-order valence-electron chi connectivity index (χ1n) is 4.86. The number of H-pyrrole nitrogens is 1. The van der Waals surface area contributed by atoms with E-state index >= 15 is 0 Å². The summed E-state index contributed by atoms with van der Waals surface area (Å²) >= 11 is 0. The molecule has 0 atom stereocenters. The van der Waals surface area contributed by atoms with Gasteiger partial charge in [-0.3, -0.25) is 0 Å². The Balaban J connectivity index is 2.37. The van der Waals surface area contributed by atoms with Crippen LogP contribution in [0.3, 0.4) is 0 Å². The quantitative estimate of drug-likeness (QED) is 0.650. The molecular formula is C12H8N2O2. The van der Waals surface area contributed by atoms with Crippen LogP contribution in [0.25, 0.3) is 22.3 Å². The topological polar surface area (TPSA) is 66.0 Å². The van der Waals surface area contributed by atoms with E-state index in [9.17, 15) is 4.79 Å². The summed E-state index contributed by atoms with van der Waals surface area (Å²) in [6.07, 6.45) is 1.48. The normalized spacial score (nSPS) is 11.0. The van der Waals surface area contributed by atoms with E-state index in [1.165, 1.54) is 6.20 Å². The highest BCUT2D eigenvalue weighted by Gasteiger charge is 2.14. The van der Waals surface area contributed by atoms with Crippen molar-refractivity contribution in [3.05, 3.63) is 42.1 Å². The van der Waals surface area contributed by atoms with E-state index in [0.29, 0.717) is 5.69 Å². The number of carboxylic acid groups (broad SMARTS) is 1. The second-order valence-electron chi connectivity index (χ2n) is 3.58. The number of aromatic nitrogens is 2. The number of pyridine rings is 1. The average molecular weight is 212 g/mol. The standard InChI is InChI=1S/C12H8N2O2/c15-12(16)7-5-10-11(13-6-7)8-3-1-2-4-9(8)14-10/h1-6,13H,(H,15,16). The molecule has 0 aromatic heterocycles. The molecule has 2 N–H and O–H groups in total. The highest BCUT2D eigenvalue weighted by atomic mass is 16.4. The molecule has 0 saturated heterocycles.